The third kappa shape index (κ3) is 3.84. The highest BCUT2D eigenvalue weighted by atomic mass is 16.5. The van der Waals surface area contributed by atoms with Gasteiger partial charge in [-0.25, -0.2) is 4.68 Å². The second-order valence-electron chi connectivity index (χ2n) is 9.85. The maximum atomic E-state index is 14.0. The molecule has 1 aromatic heterocycles. The molecule has 0 unspecified atom stereocenters. The lowest BCUT2D eigenvalue weighted by atomic mass is 9.88. The van der Waals surface area contributed by atoms with Crippen molar-refractivity contribution in [3.63, 3.8) is 0 Å². The zero-order valence-corrected chi connectivity index (χ0v) is 20.7. The number of fused-ring (bicyclic) bond motifs is 2. The van der Waals surface area contributed by atoms with Crippen LogP contribution in [0.1, 0.15) is 44.9 Å². The average Bonchev–Trinajstić information content (AvgIpc) is 3.58. The fraction of sp³-hybridized carbons (Fsp3) is 0.333. The second kappa shape index (κ2) is 8.74. The average molecular weight is 500 g/mol. The lowest BCUT2D eigenvalue weighted by Gasteiger charge is -2.34. The summed E-state index contributed by atoms with van der Waals surface area (Å²) in [5.74, 6) is 0.306. The van der Waals surface area contributed by atoms with Gasteiger partial charge in [0.2, 0.25) is 0 Å². The smallest absolute Gasteiger partial charge is 0.277 e. The number of primary amides is 1. The Bertz CT molecular complexity index is 1380. The van der Waals surface area contributed by atoms with Crippen molar-refractivity contribution < 1.29 is 14.3 Å². The van der Waals surface area contributed by atoms with Gasteiger partial charge < -0.3 is 25.6 Å². The van der Waals surface area contributed by atoms with Gasteiger partial charge in [0.25, 0.3) is 11.8 Å². The first-order chi connectivity index (χ1) is 17.9. The predicted octanol–water partition coefficient (Wildman–Crippen LogP) is 1.90. The number of carbonyl (C=O) groups is 2. The summed E-state index contributed by atoms with van der Waals surface area (Å²) in [6.45, 7) is 3.79. The van der Waals surface area contributed by atoms with Crippen molar-refractivity contribution >= 4 is 23.3 Å². The maximum absolute atomic E-state index is 14.0. The molecule has 190 valence electrons. The number of benzene rings is 2. The molecule has 0 bridgehead atoms. The normalized spacial score (nSPS) is 18.0. The number of methoxy groups -OCH3 is 1. The molecule has 2 amide bonds. The van der Waals surface area contributed by atoms with E-state index in [1.165, 1.54) is 4.68 Å². The number of carbonyl (C=O) groups excluding carboxylic acids is 2. The standard InChI is InChI=1S/C27H29N7O3/c1-37-20-8-6-19(7-9-20)34-23-21(22(31-34)25(29)35)27(10-11-27)16-33(26(23)36)18-4-2-17(3-5-18)24(28)32-14-12-30-13-15-32/h2-9,28,30H,10-16H2,1H3,(H2,29,35). The summed E-state index contributed by atoms with van der Waals surface area (Å²) in [6, 6.07) is 14.8. The van der Waals surface area contributed by atoms with E-state index in [0.717, 1.165) is 50.3 Å². The van der Waals surface area contributed by atoms with E-state index in [1.54, 1.807) is 36.3 Å². The van der Waals surface area contributed by atoms with E-state index < -0.39 is 5.91 Å². The Morgan fingerprint density at radius 2 is 1.70 bits per heavy atom. The van der Waals surface area contributed by atoms with Gasteiger partial charge in [-0.3, -0.25) is 15.0 Å². The lowest BCUT2D eigenvalue weighted by Crippen LogP contribution is -2.46. The lowest BCUT2D eigenvalue weighted by molar-refractivity contribution is 0.0966. The van der Waals surface area contributed by atoms with Gasteiger partial charge in [0.1, 0.15) is 17.3 Å². The minimum Gasteiger partial charge on any atom is -0.497 e. The van der Waals surface area contributed by atoms with E-state index in [2.05, 4.69) is 15.3 Å². The third-order valence-corrected chi connectivity index (χ3v) is 7.61. The largest absolute Gasteiger partial charge is 0.497 e. The summed E-state index contributed by atoms with van der Waals surface area (Å²) >= 11 is 0. The van der Waals surface area contributed by atoms with E-state index >= 15 is 0 Å². The maximum Gasteiger partial charge on any atom is 0.277 e. The Balaban J connectivity index is 1.38. The van der Waals surface area contributed by atoms with E-state index in [0.29, 0.717) is 35.1 Å². The number of nitrogens with one attached hydrogen (secondary N) is 2. The number of anilines is 1. The summed E-state index contributed by atoms with van der Waals surface area (Å²) in [5, 5.41) is 16.4. The topological polar surface area (TPSA) is 130 Å². The number of nitrogens with two attached hydrogens (primary N) is 1. The first-order valence-corrected chi connectivity index (χ1v) is 12.5. The summed E-state index contributed by atoms with van der Waals surface area (Å²) in [6.07, 6.45) is 1.70. The summed E-state index contributed by atoms with van der Waals surface area (Å²) in [4.78, 5) is 30.2. The van der Waals surface area contributed by atoms with Crippen LogP contribution >= 0.6 is 0 Å². The van der Waals surface area contributed by atoms with Crippen LogP contribution in [0.15, 0.2) is 48.5 Å². The van der Waals surface area contributed by atoms with Crippen molar-refractivity contribution in [2.24, 2.45) is 5.73 Å². The fourth-order valence-corrected chi connectivity index (χ4v) is 5.42. The van der Waals surface area contributed by atoms with Gasteiger partial charge in [-0.2, -0.15) is 5.10 Å². The van der Waals surface area contributed by atoms with Gasteiger partial charge in [0, 0.05) is 55.0 Å². The van der Waals surface area contributed by atoms with Crippen LogP contribution in [0.5, 0.6) is 5.75 Å². The number of aromatic nitrogens is 2. The quantitative estimate of drug-likeness (QED) is 0.363. The predicted molar refractivity (Wildman–Crippen MR) is 139 cm³/mol. The Morgan fingerprint density at radius 3 is 2.30 bits per heavy atom. The number of amidine groups is 1. The zero-order valence-electron chi connectivity index (χ0n) is 20.7. The highest BCUT2D eigenvalue weighted by molar-refractivity contribution is 6.11. The van der Waals surface area contributed by atoms with Crippen LogP contribution in [-0.2, 0) is 5.41 Å². The van der Waals surface area contributed by atoms with Gasteiger partial charge in [-0.1, -0.05) is 0 Å². The van der Waals surface area contributed by atoms with Crippen molar-refractivity contribution in [3.8, 4) is 11.4 Å². The highest BCUT2D eigenvalue weighted by Crippen LogP contribution is 2.54. The summed E-state index contributed by atoms with van der Waals surface area (Å²) in [7, 11) is 1.59. The van der Waals surface area contributed by atoms with E-state index in [9.17, 15) is 9.59 Å². The Labute approximate surface area is 214 Å². The number of rotatable bonds is 5. The molecule has 37 heavy (non-hydrogen) atoms. The number of hydrogen-bond acceptors (Lipinski definition) is 6. The first-order valence-electron chi connectivity index (χ1n) is 12.5. The van der Waals surface area contributed by atoms with Crippen LogP contribution in [0.4, 0.5) is 5.69 Å². The molecule has 6 rings (SSSR count). The number of ether oxygens (including phenoxy) is 1. The molecule has 3 aliphatic rings. The van der Waals surface area contributed by atoms with Crippen LogP contribution in [-0.4, -0.2) is 72.2 Å². The minimum absolute atomic E-state index is 0.163. The number of hydrogen-bond donors (Lipinski definition) is 3. The van der Waals surface area contributed by atoms with E-state index in [4.69, 9.17) is 15.9 Å². The number of piperazine rings is 1. The second-order valence-corrected chi connectivity index (χ2v) is 9.85. The van der Waals surface area contributed by atoms with E-state index in [-0.39, 0.29) is 17.0 Å². The van der Waals surface area contributed by atoms with Crippen LogP contribution in [0.2, 0.25) is 0 Å². The van der Waals surface area contributed by atoms with Crippen molar-refractivity contribution in [3.05, 3.63) is 71.0 Å². The van der Waals surface area contributed by atoms with Gasteiger partial charge in [-0.15, -0.1) is 0 Å². The van der Waals surface area contributed by atoms with Crippen LogP contribution in [0.3, 0.4) is 0 Å². The van der Waals surface area contributed by atoms with Crippen LogP contribution < -0.4 is 20.7 Å². The van der Waals surface area contributed by atoms with Crippen LogP contribution in [0.25, 0.3) is 5.69 Å². The summed E-state index contributed by atoms with van der Waals surface area (Å²) in [5.41, 5.74) is 8.81. The van der Waals surface area contributed by atoms with E-state index in [1.807, 2.05) is 24.3 Å². The Morgan fingerprint density at radius 1 is 1.05 bits per heavy atom. The SMILES string of the molecule is COc1ccc(-n2nc(C(N)=O)c3c2C(=O)N(c2ccc(C(=N)N4CCNCC4)cc2)CC32CC2)cc1. The molecule has 2 aromatic carbocycles. The zero-order chi connectivity index (χ0) is 25.7. The fourth-order valence-electron chi connectivity index (χ4n) is 5.42. The molecular formula is C27H29N7O3. The molecular weight excluding hydrogens is 470 g/mol. The molecule has 0 radical (unpaired) electrons. The highest BCUT2D eigenvalue weighted by Gasteiger charge is 2.56. The molecule has 10 heteroatoms. The third-order valence-electron chi connectivity index (χ3n) is 7.61. The molecule has 1 spiro atoms. The van der Waals surface area contributed by atoms with Crippen molar-refractivity contribution in [2.75, 3.05) is 44.7 Å². The number of nitrogens with zero attached hydrogens (tertiary/aromatic N) is 4. The molecule has 0 atom stereocenters. The Hall–Kier alpha value is -4.18. The molecule has 10 nitrogen and oxygen atoms in total. The Kier molecular flexibility index (Phi) is 5.49. The first kappa shape index (κ1) is 23.2. The van der Waals surface area contributed by atoms with Crippen molar-refractivity contribution in [2.45, 2.75) is 18.3 Å². The molecule has 2 aliphatic heterocycles. The molecule has 1 aliphatic carbocycles. The molecule has 2 fully saturated rings. The van der Waals surface area contributed by atoms with Gasteiger partial charge in [-0.05, 0) is 61.4 Å². The number of amides is 2. The molecule has 3 aromatic rings. The molecule has 4 N–H and O–H groups in total. The van der Waals surface area contributed by atoms with Gasteiger partial charge in [0.15, 0.2) is 5.69 Å². The summed E-state index contributed by atoms with van der Waals surface area (Å²) < 4.78 is 6.80. The van der Waals surface area contributed by atoms with Crippen molar-refractivity contribution in [1.82, 2.24) is 20.0 Å². The van der Waals surface area contributed by atoms with Crippen molar-refractivity contribution in [1.29, 1.82) is 5.41 Å². The molecule has 3 heterocycles. The monoisotopic (exact) mass is 499 g/mol. The molecule has 1 saturated carbocycles. The minimum atomic E-state index is -0.633. The van der Waals surface area contributed by atoms with Gasteiger partial charge in [0.05, 0.1) is 12.8 Å². The van der Waals surface area contributed by atoms with Gasteiger partial charge >= 0.3 is 0 Å². The van der Waals surface area contributed by atoms with Crippen LogP contribution in [0, 0.1) is 5.41 Å². The molecule has 1 saturated heterocycles.